The predicted molar refractivity (Wildman–Crippen MR) is 126 cm³/mol. The zero-order valence-electron chi connectivity index (χ0n) is 19.6. The Balaban J connectivity index is 1.84. The lowest BCUT2D eigenvalue weighted by atomic mass is 10.1. The number of nitrogens with zero attached hydrogens (tertiary/aromatic N) is 3. The number of carbonyl (C=O) groups excluding carboxylic acids is 3. The van der Waals surface area contributed by atoms with Crippen molar-refractivity contribution in [1.82, 2.24) is 14.8 Å². The largest absolute Gasteiger partial charge is 0.497 e. The Morgan fingerprint density at radius 3 is 2.00 bits per heavy atom. The van der Waals surface area contributed by atoms with Gasteiger partial charge in [0.1, 0.15) is 10.8 Å². The molecule has 0 saturated heterocycles. The Labute approximate surface area is 200 Å². The third kappa shape index (κ3) is 5.25. The summed E-state index contributed by atoms with van der Waals surface area (Å²) < 4.78 is 17.2. The van der Waals surface area contributed by atoms with Gasteiger partial charge in [-0.05, 0) is 52.0 Å². The second-order valence-electron chi connectivity index (χ2n) is 7.13. The molecule has 1 N–H and O–H groups in total. The first-order valence-electron chi connectivity index (χ1n) is 10.6. The van der Waals surface area contributed by atoms with Crippen molar-refractivity contribution in [3.63, 3.8) is 0 Å². The summed E-state index contributed by atoms with van der Waals surface area (Å²) in [5.74, 6) is -0.853. The number of benzene rings is 1. The standard InChI is InChI=1S/C23H26N4O6S/c1-6-32-21(29)18-13(3)27(14(4)19(18)22(30)33-7-2)12-17-25-26-23(34-17)24-20(28)15-8-10-16(31-5)11-9-15/h8-11H,6-7,12H2,1-5H3,(H,24,26,28). The number of hydrogen-bond donors (Lipinski definition) is 1. The number of aromatic nitrogens is 3. The minimum Gasteiger partial charge on any atom is -0.497 e. The summed E-state index contributed by atoms with van der Waals surface area (Å²) in [5, 5.41) is 11.8. The van der Waals surface area contributed by atoms with E-state index >= 15 is 0 Å². The van der Waals surface area contributed by atoms with Gasteiger partial charge in [-0.2, -0.15) is 0 Å². The van der Waals surface area contributed by atoms with E-state index < -0.39 is 11.9 Å². The number of rotatable bonds is 9. The maximum Gasteiger partial charge on any atom is 0.340 e. The molecule has 1 aromatic carbocycles. The molecular formula is C23H26N4O6S. The van der Waals surface area contributed by atoms with E-state index in [4.69, 9.17) is 14.2 Å². The summed E-state index contributed by atoms with van der Waals surface area (Å²) in [5.41, 5.74) is 1.91. The van der Waals surface area contributed by atoms with Crippen molar-refractivity contribution < 1.29 is 28.6 Å². The Morgan fingerprint density at radius 2 is 1.50 bits per heavy atom. The van der Waals surface area contributed by atoms with Crippen LogP contribution in [0, 0.1) is 13.8 Å². The fourth-order valence-corrected chi connectivity index (χ4v) is 4.17. The summed E-state index contributed by atoms with van der Waals surface area (Å²) in [6, 6.07) is 6.69. The van der Waals surface area contributed by atoms with Gasteiger partial charge in [-0.1, -0.05) is 11.3 Å². The molecule has 0 atom stereocenters. The lowest BCUT2D eigenvalue weighted by molar-refractivity contribution is 0.0479. The number of ether oxygens (including phenoxy) is 3. The molecule has 180 valence electrons. The first-order valence-corrected chi connectivity index (χ1v) is 11.4. The highest BCUT2D eigenvalue weighted by atomic mass is 32.1. The van der Waals surface area contributed by atoms with Gasteiger partial charge in [-0.15, -0.1) is 10.2 Å². The third-order valence-corrected chi connectivity index (χ3v) is 5.90. The normalized spacial score (nSPS) is 10.6. The quantitative estimate of drug-likeness (QED) is 0.455. The molecule has 0 saturated carbocycles. The second-order valence-corrected chi connectivity index (χ2v) is 8.19. The number of nitrogens with one attached hydrogen (secondary N) is 1. The lowest BCUT2D eigenvalue weighted by Crippen LogP contribution is -2.13. The monoisotopic (exact) mass is 486 g/mol. The third-order valence-electron chi connectivity index (χ3n) is 5.08. The minimum atomic E-state index is -0.588. The Kier molecular flexibility index (Phi) is 8.00. The Morgan fingerprint density at radius 1 is 0.941 bits per heavy atom. The number of methoxy groups -OCH3 is 1. The van der Waals surface area contributed by atoms with Crippen LogP contribution >= 0.6 is 11.3 Å². The van der Waals surface area contributed by atoms with Gasteiger partial charge in [-0.25, -0.2) is 9.59 Å². The van der Waals surface area contributed by atoms with Gasteiger partial charge in [-0.3, -0.25) is 10.1 Å². The maximum absolute atomic E-state index is 12.6. The second kappa shape index (κ2) is 10.9. The van der Waals surface area contributed by atoms with E-state index in [1.807, 2.05) is 0 Å². The molecule has 2 aromatic heterocycles. The van der Waals surface area contributed by atoms with Crippen molar-refractivity contribution in [2.24, 2.45) is 0 Å². The topological polar surface area (TPSA) is 122 Å². The van der Waals surface area contributed by atoms with Crippen molar-refractivity contribution in [3.05, 3.63) is 57.4 Å². The van der Waals surface area contributed by atoms with Crippen LogP contribution in [0.5, 0.6) is 5.75 Å². The van der Waals surface area contributed by atoms with Gasteiger partial charge in [0.15, 0.2) is 0 Å². The molecule has 0 bridgehead atoms. The number of esters is 2. The summed E-state index contributed by atoms with van der Waals surface area (Å²) in [6.45, 7) is 7.47. The highest BCUT2D eigenvalue weighted by molar-refractivity contribution is 7.15. The van der Waals surface area contributed by atoms with Crippen molar-refractivity contribution in [1.29, 1.82) is 0 Å². The highest BCUT2D eigenvalue weighted by Gasteiger charge is 2.29. The van der Waals surface area contributed by atoms with Crippen LogP contribution in [-0.4, -0.2) is 52.9 Å². The molecule has 3 aromatic rings. The summed E-state index contributed by atoms with van der Waals surface area (Å²) in [4.78, 5) is 37.7. The average Bonchev–Trinajstić information content (AvgIpc) is 3.36. The summed E-state index contributed by atoms with van der Waals surface area (Å²) in [6.07, 6.45) is 0. The molecule has 0 aliphatic rings. The van der Waals surface area contributed by atoms with Gasteiger partial charge in [0.05, 0.1) is 38.0 Å². The van der Waals surface area contributed by atoms with Crippen molar-refractivity contribution >= 4 is 34.3 Å². The zero-order chi connectivity index (χ0) is 24.8. The molecule has 0 aliphatic carbocycles. The number of anilines is 1. The Hall–Kier alpha value is -3.73. The predicted octanol–water partition coefficient (Wildman–Crippen LogP) is 3.62. The molecular weight excluding hydrogens is 460 g/mol. The van der Waals surface area contributed by atoms with Crippen LogP contribution in [0.2, 0.25) is 0 Å². The first-order chi connectivity index (χ1) is 16.3. The molecule has 0 spiro atoms. The summed E-state index contributed by atoms with van der Waals surface area (Å²) >= 11 is 1.20. The van der Waals surface area contributed by atoms with Crippen LogP contribution in [-0.2, 0) is 16.0 Å². The van der Waals surface area contributed by atoms with Gasteiger partial charge < -0.3 is 18.8 Å². The van der Waals surface area contributed by atoms with Crippen molar-refractivity contribution in [2.45, 2.75) is 34.2 Å². The molecule has 3 rings (SSSR count). The van der Waals surface area contributed by atoms with Gasteiger partial charge >= 0.3 is 11.9 Å². The zero-order valence-corrected chi connectivity index (χ0v) is 20.4. The minimum absolute atomic E-state index is 0.176. The maximum atomic E-state index is 12.6. The molecule has 10 nitrogen and oxygen atoms in total. The van der Waals surface area contributed by atoms with E-state index in [-0.39, 0.29) is 36.8 Å². The van der Waals surface area contributed by atoms with Crippen LogP contribution in [0.4, 0.5) is 5.13 Å². The van der Waals surface area contributed by atoms with E-state index in [0.29, 0.717) is 32.8 Å². The van der Waals surface area contributed by atoms with Crippen LogP contribution in [0.15, 0.2) is 24.3 Å². The van der Waals surface area contributed by atoms with E-state index in [1.165, 1.54) is 11.3 Å². The van der Waals surface area contributed by atoms with E-state index in [1.54, 1.807) is 63.6 Å². The van der Waals surface area contributed by atoms with E-state index in [9.17, 15) is 14.4 Å². The van der Waals surface area contributed by atoms with Gasteiger partial charge in [0, 0.05) is 17.0 Å². The molecule has 0 fully saturated rings. The van der Waals surface area contributed by atoms with Gasteiger partial charge in [0.25, 0.3) is 5.91 Å². The lowest BCUT2D eigenvalue weighted by Gasteiger charge is -2.07. The van der Waals surface area contributed by atoms with E-state index in [2.05, 4.69) is 15.5 Å². The van der Waals surface area contributed by atoms with Crippen LogP contribution in [0.3, 0.4) is 0 Å². The number of carbonyl (C=O) groups is 3. The molecule has 1 amide bonds. The molecule has 2 heterocycles. The van der Waals surface area contributed by atoms with E-state index in [0.717, 1.165) is 0 Å². The molecule has 0 aliphatic heterocycles. The van der Waals surface area contributed by atoms with Crippen LogP contribution in [0.1, 0.15) is 61.3 Å². The average molecular weight is 487 g/mol. The summed E-state index contributed by atoms with van der Waals surface area (Å²) in [7, 11) is 1.55. The highest BCUT2D eigenvalue weighted by Crippen LogP contribution is 2.27. The van der Waals surface area contributed by atoms with Gasteiger partial charge in [0.2, 0.25) is 5.13 Å². The SMILES string of the molecule is CCOC(=O)c1c(C(=O)OCC)c(C)n(Cc2nnc(NC(=O)c3ccc(OC)cc3)s2)c1C. The molecule has 0 unspecified atom stereocenters. The van der Waals surface area contributed by atoms with Crippen LogP contribution in [0.25, 0.3) is 0 Å². The first kappa shape index (κ1) is 24.9. The van der Waals surface area contributed by atoms with Crippen molar-refractivity contribution in [2.75, 3.05) is 25.6 Å². The fourth-order valence-electron chi connectivity index (χ4n) is 3.44. The molecule has 11 heteroatoms. The molecule has 34 heavy (non-hydrogen) atoms. The smallest absolute Gasteiger partial charge is 0.340 e. The molecule has 0 radical (unpaired) electrons. The fraction of sp³-hybridized carbons (Fsp3) is 0.348. The number of amides is 1. The Bertz CT molecular complexity index is 1160. The number of hydrogen-bond acceptors (Lipinski definition) is 9. The van der Waals surface area contributed by atoms with Crippen LogP contribution < -0.4 is 10.1 Å². The van der Waals surface area contributed by atoms with Crippen molar-refractivity contribution in [3.8, 4) is 5.75 Å².